The number of hydrogen-bond acceptors (Lipinski definition) is 5. The lowest BCUT2D eigenvalue weighted by Gasteiger charge is -2.16. The second-order valence-corrected chi connectivity index (χ2v) is 7.19. The molecule has 0 aliphatic heterocycles. The Bertz CT molecular complexity index is 697. The molecule has 0 saturated carbocycles. The van der Waals surface area contributed by atoms with Gasteiger partial charge in [0.2, 0.25) is 10.0 Å². The molecule has 1 unspecified atom stereocenters. The standard InChI is InChI=1S/C14H18N2O3S2/c1-3-12(14-5-4-8-20-14)16-21(17,18)10-6-7-13(19-2)11(15)9-10/h4-9,12,16H,3,15H2,1-2H3. The second-order valence-electron chi connectivity index (χ2n) is 4.50. The van der Waals surface area contributed by atoms with Gasteiger partial charge in [-0.05, 0) is 36.1 Å². The number of nitrogens with one attached hydrogen (secondary N) is 1. The first-order valence-electron chi connectivity index (χ1n) is 6.47. The van der Waals surface area contributed by atoms with Crippen LogP contribution < -0.4 is 15.2 Å². The van der Waals surface area contributed by atoms with Crippen LogP contribution in [-0.2, 0) is 10.0 Å². The zero-order chi connectivity index (χ0) is 15.5. The lowest BCUT2D eigenvalue weighted by Crippen LogP contribution is -2.27. The quantitative estimate of drug-likeness (QED) is 0.800. The molecular formula is C14H18N2O3S2. The van der Waals surface area contributed by atoms with Crippen LogP contribution >= 0.6 is 11.3 Å². The van der Waals surface area contributed by atoms with Crippen molar-refractivity contribution in [2.24, 2.45) is 0 Å². The molecule has 0 fully saturated rings. The lowest BCUT2D eigenvalue weighted by atomic mass is 10.2. The van der Waals surface area contributed by atoms with Crippen molar-refractivity contribution in [3.05, 3.63) is 40.6 Å². The van der Waals surface area contributed by atoms with Crippen LogP contribution in [0.1, 0.15) is 24.3 Å². The maximum absolute atomic E-state index is 12.4. The van der Waals surface area contributed by atoms with E-state index in [0.717, 1.165) is 4.88 Å². The number of thiophene rings is 1. The lowest BCUT2D eigenvalue weighted by molar-refractivity contribution is 0.416. The van der Waals surface area contributed by atoms with Crippen LogP contribution in [0.5, 0.6) is 5.75 Å². The van der Waals surface area contributed by atoms with Gasteiger partial charge in [-0.15, -0.1) is 11.3 Å². The Hall–Kier alpha value is -1.57. The van der Waals surface area contributed by atoms with E-state index >= 15 is 0 Å². The van der Waals surface area contributed by atoms with Gasteiger partial charge in [0, 0.05) is 4.88 Å². The molecule has 0 aliphatic carbocycles. The van der Waals surface area contributed by atoms with Crippen LogP contribution in [0.15, 0.2) is 40.6 Å². The summed E-state index contributed by atoms with van der Waals surface area (Å²) in [6, 6.07) is 8.03. The predicted octanol–water partition coefficient (Wildman–Crippen LogP) is 2.77. The second kappa shape index (κ2) is 6.46. The molecule has 3 N–H and O–H groups in total. The minimum Gasteiger partial charge on any atom is -0.495 e. The van der Waals surface area contributed by atoms with Crippen molar-refractivity contribution in [3.63, 3.8) is 0 Å². The molecule has 0 amide bonds. The summed E-state index contributed by atoms with van der Waals surface area (Å²) < 4.78 is 32.6. The largest absolute Gasteiger partial charge is 0.495 e. The van der Waals surface area contributed by atoms with Crippen molar-refractivity contribution < 1.29 is 13.2 Å². The van der Waals surface area contributed by atoms with Gasteiger partial charge in [0.1, 0.15) is 5.75 Å². The van der Waals surface area contributed by atoms with Gasteiger partial charge in [-0.3, -0.25) is 0 Å². The molecule has 1 heterocycles. The number of anilines is 1. The Kier molecular flexibility index (Phi) is 4.87. The monoisotopic (exact) mass is 326 g/mol. The molecule has 2 rings (SSSR count). The molecule has 114 valence electrons. The van der Waals surface area contributed by atoms with Crippen molar-refractivity contribution in [2.75, 3.05) is 12.8 Å². The summed E-state index contributed by atoms with van der Waals surface area (Å²) in [7, 11) is -2.14. The van der Waals surface area contributed by atoms with Crippen molar-refractivity contribution >= 4 is 27.0 Å². The Morgan fingerprint density at radius 2 is 2.14 bits per heavy atom. The summed E-state index contributed by atoms with van der Waals surface area (Å²) >= 11 is 1.53. The zero-order valence-corrected chi connectivity index (χ0v) is 13.5. The van der Waals surface area contributed by atoms with Gasteiger partial charge in [0.05, 0.1) is 23.7 Å². The Balaban J connectivity index is 2.27. The highest BCUT2D eigenvalue weighted by molar-refractivity contribution is 7.89. The van der Waals surface area contributed by atoms with Crippen molar-refractivity contribution in [2.45, 2.75) is 24.3 Å². The maximum atomic E-state index is 12.4. The molecule has 2 aromatic rings. The highest BCUT2D eigenvalue weighted by Crippen LogP contribution is 2.27. The van der Waals surface area contributed by atoms with E-state index in [1.165, 1.54) is 30.6 Å². The first-order chi connectivity index (χ1) is 9.97. The van der Waals surface area contributed by atoms with Crippen molar-refractivity contribution in [3.8, 4) is 5.75 Å². The van der Waals surface area contributed by atoms with Gasteiger partial charge in [-0.1, -0.05) is 13.0 Å². The van der Waals surface area contributed by atoms with Gasteiger partial charge in [0.25, 0.3) is 0 Å². The number of nitrogen functional groups attached to an aromatic ring is 1. The van der Waals surface area contributed by atoms with Crippen molar-refractivity contribution in [1.82, 2.24) is 4.72 Å². The zero-order valence-electron chi connectivity index (χ0n) is 11.9. The molecule has 1 atom stereocenters. The third-order valence-corrected chi connectivity index (χ3v) is 5.56. The number of hydrogen-bond donors (Lipinski definition) is 2. The molecule has 5 nitrogen and oxygen atoms in total. The predicted molar refractivity (Wildman–Crippen MR) is 85.1 cm³/mol. The normalized spacial score (nSPS) is 13.0. The van der Waals surface area contributed by atoms with Gasteiger partial charge in [-0.2, -0.15) is 0 Å². The van der Waals surface area contributed by atoms with Gasteiger partial charge >= 0.3 is 0 Å². The maximum Gasteiger partial charge on any atom is 0.241 e. The molecular weight excluding hydrogens is 308 g/mol. The SMILES string of the molecule is CCC(NS(=O)(=O)c1ccc(OC)c(N)c1)c1cccs1. The van der Waals surface area contributed by atoms with E-state index in [-0.39, 0.29) is 10.9 Å². The molecule has 1 aromatic carbocycles. The minimum absolute atomic E-state index is 0.135. The Morgan fingerprint density at radius 3 is 2.67 bits per heavy atom. The fourth-order valence-electron chi connectivity index (χ4n) is 1.97. The molecule has 21 heavy (non-hydrogen) atoms. The van der Waals surface area contributed by atoms with E-state index in [9.17, 15) is 8.42 Å². The van der Waals surface area contributed by atoms with E-state index in [1.54, 1.807) is 6.07 Å². The highest BCUT2D eigenvalue weighted by Gasteiger charge is 2.21. The van der Waals surface area contributed by atoms with Gasteiger partial charge < -0.3 is 10.5 Å². The first-order valence-corrected chi connectivity index (χ1v) is 8.83. The van der Waals surface area contributed by atoms with Crippen LogP contribution in [0.2, 0.25) is 0 Å². The number of ether oxygens (including phenoxy) is 1. The topological polar surface area (TPSA) is 81.4 Å². The van der Waals surface area contributed by atoms with Crippen LogP contribution in [0.25, 0.3) is 0 Å². The minimum atomic E-state index is -3.62. The van der Waals surface area contributed by atoms with Crippen molar-refractivity contribution in [1.29, 1.82) is 0 Å². The average Bonchev–Trinajstić information content (AvgIpc) is 2.98. The summed E-state index contributed by atoms with van der Waals surface area (Å²) in [5.41, 5.74) is 6.07. The van der Waals surface area contributed by atoms with Gasteiger partial charge in [-0.25, -0.2) is 13.1 Å². The summed E-state index contributed by atoms with van der Waals surface area (Å²) in [6.07, 6.45) is 0.672. The van der Waals surface area contributed by atoms with Gasteiger partial charge in [0.15, 0.2) is 0 Å². The smallest absolute Gasteiger partial charge is 0.241 e. The number of rotatable bonds is 6. The molecule has 0 radical (unpaired) electrons. The molecule has 0 aliphatic rings. The summed E-state index contributed by atoms with van der Waals surface area (Å²) in [5, 5.41) is 1.93. The average molecular weight is 326 g/mol. The van der Waals surface area contributed by atoms with E-state index in [1.807, 2.05) is 24.4 Å². The number of sulfonamides is 1. The fraction of sp³-hybridized carbons (Fsp3) is 0.286. The highest BCUT2D eigenvalue weighted by atomic mass is 32.2. The Morgan fingerprint density at radius 1 is 1.38 bits per heavy atom. The first kappa shape index (κ1) is 15.8. The van der Waals surface area contributed by atoms with Crippen LogP contribution in [0.4, 0.5) is 5.69 Å². The van der Waals surface area contributed by atoms with Crippen LogP contribution in [0.3, 0.4) is 0 Å². The summed E-state index contributed by atoms with van der Waals surface area (Å²) in [6.45, 7) is 1.94. The third kappa shape index (κ3) is 3.55. The molecule has 0 saturated heterocycles. The molecule has 0 spiro atoms. The Labute approximate surface area is 128 Å². The van der Waals surface area contributed by atoms with Crippen LogP contribution in [0, 0.1) is 0 Å². The summed E-state index contributed by atoms with van der Waals surface area (Å²) in [5.74, 6) is 0.458. The number of nitrogens with two attached hydrogens (primary N) is 1. The van der Waals surface area contributed by atoms with E-state index in [2.05, 4.69) is 4.72 Å². The van der Waals surface area contributed by atoms with Crippen LogP contribution in [-0.4, -0.2) is 15.5 Å². The third-order valence-electron chi connectivity index (χ3n) is 3.10. The molecule has 7 heteroatoms. The van der Waals surface area contributed by atoms with E-state index in [4.69, 9.17) is 10.5 Å². The fourth-order valence-corrected chi connectivity index (χ4v) is 4.24. The number of methoxy groups -OCH3 is 1. The molecule has 0 bridgehead atoms. The summed E-state index contributed by atoms with van der Waals surface area (Å²) in [4.78, 5) is 1.12. The van der Waals surface area contributed by atoms with E-state index < -0.39 is 10.0 Å². The number of benzene rings is 1. The molecule has 1 aromatic heterocycles. The van der Waals surface area contributed by atoms with E-state index in [0.29, 0.717) is 17.9 Å².